The van der Waals surface area contributed by atoms with Crippen LogP contribution in [0.25, 0.3) is 0 Å². The lowest BCUT2D eigenvalue weighted by Crippen LogP contribution is -2.34. The molecule has 2 aromatic carbocycles. The normalized spacial score (nSPS) is 16.6. The summed E-state index contributed by atoms with van der Waals surface area (Å²) in [6.45, 7) is 2.82. The molecule has 1 unspecified atom stereocenters. The number of nitrogens with two attached hydrogens (primary N) is 1. The number of hydrogen-bond acceptors (Lipinski definition) is 2. The molecular formula is C16H16BrNO. The minimum atomic E-state index is -0.499. The van der Waals surface area contributed by atoms with E-state index < -0.39 is 5.54 Å². The number of halogens is 1. The van der Waals surface area contributed by atoms with Gasteiger partial charge in [-0.15, -0.1) is 0 Å². The first kappa shape index (κ1) is 12.7. The van der Waals surface area contributed by atoms with Crippen LogP contribution in [0.3, 0.4) is 0 Å². The molecule has 0 aliphatic carbocycles. The number of hydrogen-bond donors (Lipinski definition) is 1. The van der Waals surface area contributed by atoms with Crippen LogP contribution in [0.1, 0.15) is 23.6 Å². The van der Waals surface area contributed by atoms with Crippen molar-refractivity contribution < 1.29 is 4.74 Å². The molecule has 2 aromatic rings. The monoisotopic (exact) mass is 317 g/mol. The highest BCUT2D eigenvalue weighted by Crippen LogP contribution is 2.33. The van der Waals surface area contributed by atoms with Gasteiger partial charge in [0, 0.05) is 10.9 Å². The van der Waals surface area contributed by atoms with Gasteiger partial charge in [0.2, 0.25) is 0 Å². The van der Waals surface area contributed by atoms with E-state index in [0.29, 0.717) is 0 Å². The molecule has 2 N–H and O–H groups in total. The summed E-state index contributed by atoms with van der Waals surface area (Å²) in [7, 11) is 0. The quantitative estimate of drug-likeness (QED) is 0.918. The van der Waals surface area contributed by atoms with Gasteiger partial charge in [-0.05, 0) is 47.9 Å². The number of rotatable bonds is 2. The predicted molar refractivity (Wildman–Crippen MR) is 80.4 cm³/mol. The minimum absolute atomic E-state index is 0.499. The van der Waals surface area contributed by atoms with Crippen molar-refractivity contribution in [1.29, 1.82) is 0 Å². The largest absolute Gasteiger partial charge is 0.493 e. The fourth-order valence-corrected chi connectivity index (χ4v) is 2.89. The molecule has 19 heavy (non-hydrogen) atoms. The van der Waals surface area contributed by atoms with Gasteiger partial charge in [-0.2, -0.15) is 0 Å². The lowest BCUT2D eigenvalue weighted by Gasteiger charge is -2.26. The van der Waals surface area contributed by atoms with Crippen molar-refractivity contribution in [2.45, 2.75) is 18.9 Å². The van der Waals surface area contributed by atoms with Crippen molar-refractivity contribution in [3.8, 4) is 5.75 Å². The molecule has 1 aliphatic rings. The maximum absolute atomic E-state index is 6.56. The zero-order chi connectivity index (χ0) is 13.5. The number of fused-ring (bicyclic) bond motifs is 1. The molecule has 1 aliphatic heterocycles. The van der Waals surface area contributed by atoms with E-state index in [2.05, 4.69) is 40.2 Å². The molecule has 3 heteroatoms. The molecule has 0 saturated carbocycles. The lowest BCUT2D eigenvalue weighted by molar-refractivity contribution is 0.356. The van der Waals surface area contributed by atoms with Crippen LogP contribution < -0.4 is 10.5 Å². The maximum Gasteiger partial charge on any atom is 0.122 e. The fraction of sp³-hybridized carbons (Fsp3) is 0.250. The second kappa shape index (κ2) is 4.66. The number of ether oxygens (including phenoxy) is 1. The molecule has 0 fully saturated rings. The summed E-state index contributed by atoms with van der Waals surface area (Å²) < 4.78 is 6.59. The molecule has 98 valence electrons. The van der Waals surface area contributed by atoms with Crippen LogP contribution in [0.15, 0.2) is 46.9 Å². The number of benzene rings is 2. The van der Waals surface area contributed by atoms with Crippen molar-refractivity contribution in [2.75, 3.05) is 6.61 Å². The highest BCUT2D eigenvalue weighted by Gasteiger charge is 2.25. The van der Waals surface area contributed by atoms with Crippen molar-refractivity contribution in [1.82, 2.24) is 0 Å². The smallest absolute Gasteiger partial charge is 0.122 e. The van der Waals surface area contributed by atoms with Gasteiger partial charge < -0.3 is 10.5 Å². The average Bonchev–Trinajstić information content (AvgIpc) is 2.85. The molecule has 0 radical (unpaired) electrons. The summed E-state index contributed by atoms with van der Waals surface area (Å²) >= 11 is 3.50. The zero-order valence-corrected chi connectivity index (χ0v) is 12.4. The summed E-state index contributed by atoms with van der Waals surface area (Å²) in [5, 5.41) is 0. The SMILES string of the molecule is CC(N)(c1cccc(Br)c1)c1ccc2c(c1)CCO2. The summed E-state index contributed by atoms with van der Waals surface area (Å²) in [5.74, 6) is 0.994. The molecule has 0 bridgehead atoms. The van der Waals surface area contributed by atoms with Crippen LogP contribution in [0.4, 0.5) is 0 Å². The Morgan fingerprint density at radius 1 is 1.16 bits per heavy atom. The van der Waals surface area contributed by atoms with Crippen LogP contribution in [-0.4, -0.2) is 6.61 Å². The summed E-state index contributed by atoms with van der Waals surface area (Å²) in [4.78, 5) is 0. The molecule has 0 aromatic heterocycles. The van der Waals surface area contributed by atoms with Gasteiger partial charge in [0.15, 0.2) is 0 Å². The molecular weight excluding hydrogens is 302 g/mol. The molecule has 1 heterocycles. The van der Waals surface area contributed by atoms with Gasteiger partial charge in [-0.3, -0.25) is 0 Å². The third kappa shape index (κ3) is 2.28. The third-order valence-corrected chi connectivity index (χ3v) is 4.21. The lowest BCUT2D eigenvalue weighted by atomic mass is 9.85. The maximum atomic E-state index is 6.56. The second-order valence-electron chi connectivity index (χ2n) is 5.13. The minimum Gasteiger partial charge on any atom is -0.493 e. The van der Waals surface area contributed by atoms with E-state index in [1.54, 1.807) is 0 Å². The Bertz CT molecular complexity index is 622. The van der Waals surface area contributed by atoms with Gasteiger partial charge in [0.25, 0.3) is 0 Å². The van der Waals surface area contributed by atoms with Crippen molar-refractivity contribution >= 4 is 15.9 Å². The van der Waals surface area contributed by atoms with Crippen LogP contribution >= 0.6 is 15.9 Å². The molecule has 0 saturated heterocycles. The van der Waals surface area contributed by atoms with E-state index in [0.717, 1.165) is 34.4 Å². The Labute approximate surface area is 121 Å². The standard InChI is InChI=1S/C16H16BrNO/c1-16(18,12-3-2-4-14(17)10-12)13-5-6-15-11(9-13)7-8-19-15/h2-6,9-10H,7-8,18H2,1H3. The van der Waals surface area contributed by atoms with Gasteiger partial charge in [0.05, 0.1) is 12.1 Å². The summed E-state index contributed by atoms with van der Waals surface area (Å²) in [6, 6.07) is 14.4. The average molecular weight is 318 g/mol. The molecule has 1 atom stereocenters. The highest BCUT2D eigenvalue weighted by molar-refractivity contribution is 9.10. The van der Waals surface area contributed by atoms with Gasteiger partial charge in [-0.25, -0.2) is 0 Å². The van der Waals surface area contributed by atoms with Crippen LogP contribution in [-0.2, 0) is 12.0 Å². The Hall–Kier alpha value is -1.32. The molecule has 3 rings (SSSR count). The summed E-state index contributed by atoms with van der Waals surface area (Å²) in [6.07, 6.45) is 0.970. The zero-order valence-electron chi connectivity index (χ0n) is 10.8. The Morgan fingerprint density at radius 3 is 2.74 bits per heavy atom. The highest BCUT2D eigenvalue weighted by atomic mass is 79.9. The van der Waals surface area contributed by atoms with Crippen LogP contribution in [0, 0.1) is 0 Å². The van der Waals surface area contributed by atoms with E-state index in [4.69, 9.17) is 10.5 Å². The summed E-state index contributed by atoms with van der Waals surface area (Å²) in [5.41, 5.74) is 9.53. The topological polar surface area (TPSA) is 35.2 Å². The van der Waals surface area contributed by atoms with Gasteiger partial charge in [-0.1, -0.05) is 34.1 Å². The van der Waals surface area contributed by atoms with Crippen molar-refractivity contribution in [3.05, 3.63) is 63.6 Å². The molecule has 0 amide bonds. The van der Waals surface area contributed by atoms with Gasteiger partial charge in [0.1, 0.15) is 5.75 Å². The van der Waals surface area contributed by atoms with E-state index in [1.165, 1.54) is 5.56 Å². The Balaban J connectivity index is 2.04. The first-order valence-corrected chi connectivity index (χ1v) is 7.18. The van der Waals surface area contributed by atoms with E-state index >= 15 is 0 Å². The molecule has 2 nitrogen and oxygen atoms in total. The first-order chi connectivity index (χ1) is 9.07. The molecule has 0 spiro atoms. The Morgan fingerprint density at radius 2 is 1.95 bits per heavy atom. The Kier molecular flexibility index (Phi) is 3.11. The predicted octanol–water partition coefficient (Wildman–Crippen LogP) is 3.61. The van der Waals surface area contributed by atoms with Crippen LogP contribution in [0.2, 0.25) is 0 Å². The third-order valence-electron chi connectivity index (χ3n) is 3.71. The fourth-order valence-electron chi connectivity index (χ4n) is 2.49. The van der Waals surface area contributed by atoms with Crippen molar-refractivity contribution in [3.63, 3.8) is 0 Å². The second-order valence-corrected chi connectivity index (χ2v) is 6.05. The van der Waals surface area contributed by atoms with Gasteiger partial charge >= 0.3 is 0 Å². The van der Waals surface area contributed by atoms with Crippen molar-refractivity contribution in [2.24, 2.45) is 5.73 Å². The van der Waals surface area contributed by atoms with E-state index in [9.17, 15) is 0 Å². The van der Waals surface area contributed by atoms with Crippen LogP contribution in [0.5, 0.6) is 5.75 Å². The first-order valence-electron chi connectivity index (χ1n) is 6.38. The van der Waals surface area contributed by atoms with E-state index in [1.807, 2.05) is 25.1 Å². The van der Waals surface area contributed by atoms with E-state index in [-0.39, 0.29) is 0 Å².